The number of benzene rings is 1. The molecule has 208 valence electrons. The molecule has 4 aromatic rings. The molecule has 0 amide bonds. The van der Waals surface area contributed by atoms with Crippen molar-refractivity contribution in [2.45, 2.75) is 89.6 Å². The fourth-order valence-corrected chi connectivity index (χ4v) is 6.49. The number of anilines is 1. The van der Waals surface area contributed by atoms with Crippen LogP contribution < -0.4 is 5.73 Å². The van der Waals surface area contributed by atoms with Gasteiger partial charge in [0.15, 0.2) is 23.5 Å². The summed E-state index contributed by atoms with van der Waals surface area (Å²) in [5.41, 5.74) is 10.8. The number of nitrogens with one attached hydrogen (secondary N) is 1. The third kappa shape index (κ3) is 5.25. The van der Waals surface area contributed by atoms with E-state index in [0.717, 1.165) is 47.6 Å². The van der Waals surface area contributed by atoms with Gasteiger partial charge in [-0.05, 0) is 55.6 Å². The van der Waals surface area contributed by atoms with Crippen LogP contribution in [-0.4, -0.2) is 65.1 Å². The molecule has 6 rings (SSSR count). The molecular formula is C28H37N7O3S. The number of nitrogens with two attached hydrogens (primary N) is 1. The Morgan fingerprint density at radius 2 is 1.92 bits per heavy atom. The van der Waals surface area contributed by atoms with E-state index in [1.54, 1.807) is 6.33 Å². The highest BCUT2D eigenvalue weighted by Crippen LogP contribution is 2.44. The number of fused-ring (bicyclic) bond motifs is 3. The number of hydrogen-bond acceptors (Lipinski definition) is 9. The number of unbranched alkanes of at least 4 members (excludes halogenated alkanes) is 1. The minimum atomic E-state index is -0.676. The third-order valence-corrected chi connectivity index (χ3v) is 8.56. The van der Waals surface area contributed by atoms with Gasteiger partial charge in [-0.25, -0.2) is 19.9 Å². The summed E-state index contributed by atoms with van der Waals surface area (Å²) < 4.78 is 20.9. The van der Waals surface area contributed by atoms with Crippen molar-refractivity contribution < 1.29 is 14.2 Å². The van der Waals surface area contributed by atoms with E-state index in [9.17, 15) is 0 Å². The molecule has 0 saturated carbocycles. The molecule has 0 radical (unpaired) electrons. The molecule has 4 atom stereocenters. The van der Waals surface area contributed by atoms with Crippen LogP contribution in [-0.2, 0) is 26.0 Å². The summed E-state index contributed by atoms with van der Waals surface area (Å²) >= 11 is 1.89. The van der Waals surface area contributed by atoms with E-state index in [-0.39, 0.29) is 23.7 Å². The maximum atomic E-state index is 6.49. The van der Waals surface area contributed by atoms with Gasteiger partial charge in [0.2, 0.25) is 0 Å². The third-order valence-electron chi connectivity index (χ3n) is 7.42. The number of ether oxygens (including phenoxy) is 3. The highest BCUT2D eigenvalue weighted by Gasteiger charge is 2.56. The quantitative estimate of drug-likeness (QED) is 0.298. The maximum Gasteiger partial charge on any atom is 0.167 e. The first-order chi connectivity index (χ1) is 18.6. The van der Waals surface area contributed by atoms with E-state index in [1.807, 2.05) is 30.2 Å². The Hall–Kier alpha value is -2.73. The van der Waals surface area contributed by atoms with Crippen molar-refractivity contribution in [1.82, 2.24) is 29.5 Å². The first-order valence-corrected chi connectivity index (χ1v) is 14.8. The topological polar surface area (TPSA) is 126 Å². The van der Waals surface area contributed by atoms with Crippen molar-refractivity contribution in [3.63, 3.8) is 0 Å². The minimum Gasteiger partial charge on any atom is -0.382 e. The molecule has 5 heterocycles. The molecule has 11 heteroatoms. The van der Waals surface area contributed by atoms with Crippen LogP contribution >= 0.6 is 11.8 Å². The lowest BCUT2D eigenvalue weighted by molar-refractivity contribution is -0.193. The lowest BCUT2D eigenvalue weighted by Crippen LogP contribution is -2.31. The van der Waals surface area contributed by atoms with Crippen molar-refractivity contribution in [3.8, 4) is 0 Å². The predicted molar refractivity (Wildman–Crippen MR) is 153 cm³/mol. The van der Waals surface area contributed by atoms with E-state index in [4.69, 9.17) is 24.9 Å². The lowest BCUT2D eigenvalue weighted by Gasteiger charge is -2.24. The zero-order chi connectivity index (χ0) is 27.4. The van der Waals surface area contributed by atoms with Crippen molar-refractivity contribution in [3.05, 3.63) is 42.2 Å². The van der Waals surface area contributed by atoms with Crippen LogP contribution in [0.3, 0.4) is 0 Å². The van der Waals surface area contributed by atoms with Crippen LogP contribution in [0, 0.1) is 0 Å². The average Bonchev–Trinajstić information content (AvgIpc) is 3.62. The lowest BCUT2D eigenvalue weighted by atomic mass is 9.87. The summed E-state index contributed by atoms with van der Waals surface area (Å²) in [6.07, 6.45) is 5.34. The van der Waals surface area contributed by atoms with E-state index < -0.39 is 12.0 Å². The van der Waals surface area contributed by atoms with Gasteiger partial charge < -0.3 is 24.9 Å². The Labute approximate surface area is 232 Å². The molecule has 0 unspecified atom stereocenters. The molecular weight excluding hydrogens is 514 g/mol. The molecule has 0 aliphatic carbocycles. The number of rotatable bonds is 8. The summed E-state index contributed by atoms with van der Waals surface area (Å²) in [4.78, 5) is 21.2. The van der Waals surface area contributed by atoms with Crippen molar-refractivity contribution in [1.29, 1.82) is 0 Å². The van der Waals surface area contributed by atoms with Crippen LogP contribution in [0.2, 0.25) is 0 Å². The Morgan fingerprint density at radius 3 is 2.74 bits per heavy atom. The highest BCUT2D eigenvalue weighted by molar-refractivity contribution is 7.99. The molecule has 0 spiro atoms. The summed E-state index contributed by atoms with van der Waals surface area (Å²) in [7, 11) is 0. The first kappa shape index (κ1) is 26.5. The molecule has 39 heavy (non-hydrogen) atoms. The zero-order valence-corrected chi connectivity index (χ0v) is 24.0. The zero-order valence-electron chi connectivity index (χ0n) is 23.2. The molecule has 0 bridgehead atoms. The highest BCUT2D eigenvalue weighted by atomic mass is 32.2. The van der Waals surface area contributed by atoms with Crippen LogP contribution in [0.1, 0.15) is 65.1 Å². The predicted octanol–water partition coefficient (Wildman–Crippen LogP) is 4.76. The van der Waals surface area contributed by atoms with Gasteiger partial charge in [0, 0.05) is 12.2 Å². The molecule has 1 aromatic carbocycles. The number of aryl methyl sites for hydroxylation is 1. The Morgan fingerprint density at radius 1 is 1.10 bits per heavy atom. The molecule has 3 aromatic heterocycles. The fourth-order valence-electron chi connectivity index (χ4n) is 5.41. The second-order valence-corrected chi connectivity index (χ2v) is 13.1. The van der Waals surface area contributed by atoms with Crippen molar-refractivity contribution in [2.75, 3.05) is 17.2 Å². The molecule has 2 saturated heterocycles. The summed E-state index contributed by atoms with van der Waals surface area (Å²) in [6, 6.07) is 6.55. The smallest absolute Gasteiger partial charge is 0.167 e. The normalized spacial score (nSPS) is 24.6. The largest absolute Gasteiger partial charge is 0.382 e. The Kier molecular flexibility index (Phi) is 6.81. The summed E-state index contributed by atoms with van der Waals surface area (Å²) in [5.74, 6) is 2.59. The number of aromatic nitrogens is 6. The van der Waals surface area contributed by atoms with Gasteiger partial charge in [0.05, 0.1) is 23.5 Å². The van der Waals surface area contributed by atoms with Crippen molar-refractivity contribution >= 4 is 39.8 Å². The average molecular weight is 552 g/mol. The number of nitrogens with zero attached hydrogens (tertiary/aromatic N) is 5. The first-order valence-electron chi connectivity index (χ1n) is 13.6. The second-order valence-electron chi connectivity index (χ2n) is 11.9. The van der Waals surface area contributed by atoms with Crippen LogP contribution in [0.25, 0.3) is 22.2 Å². The maximum absolute atomic E-state index is 6.49. The van der Waals surface area contributed by atoms with Gasteiger partial charge in [0.25, 0.3) is 0 Å². The van der Waals surface area contributed by atoms with Gasteiger partial charge in [-0.1, -0.05) is 26.8 Å². The Bertz CT molecular complexity index is 1480. The van der Waals surface area contributed by atoms with Gasteiger partial charge in [-0.2, -0.15) is 11.8 Å². The molecule has 2 aliphatic heterocycles. The molecule has 3 N–H and O–H groups in total. The standard InChI is InChI=1S/C28H37N7O3S/c1-27(2,3)16-9-10-17-18(12-16)34-20(33-17)8-6-7-11-39-13-19-22-23(38-28(4,5)37-22)26(36-19)35-15-32-21-24(29)30-14-31-25(21)35/h9-10,12,14-15,19,22-23,26H,6-8,11,13H2,1-5H3,(H,33,34)(H2,29,30,31)/t19-,22-,23-,26-/m1/s1. The number of H-pyrrole nitrogens is 1. The monoisotopic (exact) mass is 551 g/mol. The SMILES string of the molecule is CC1(C)O[C@@H]2[C@H](O1)[C@@H](CSCCCCc1nc3cc(C(C)(C)C)ccc3[nH]1)O[C@H]2n1cnc2c(N)ncnc21. The Balaban J connectivity index is 1.03. The van der Waals surface area contributed by atoms with Gasteiger partial charge in [-0.3, -0.25) is 4.57 Å². The van der Waals surface area contributed by atoms with E-state index >= 15 is 0 Å². The van der Waals surface area contributed by atoms with Gasteiger partial charge in [0.1, 0.15) is 29.9 Å². The van der Waals surface area contributed by atoms with Gasteiger partial charge in [-0.15, -0.1) is 0 Å². The van der Waals surface area contributed by atoms with Crippen LogP contribution in [0.5, 0.6) is 0 Å². The number of hydrogen-bond donors (Lipinski definition) is 2. The minimum absolute atomic E-state index is 0.101. The summed E-state index contributed by atoms with van der Waals surface area (Å²) in [6.45, 7) is 10.6. The van der Waals surface area contributed by atoms with Crippen LogP contribution in [0.15, 0.2) is 30.9 Å². The van der Waals surface area contributed by atoms with Crippen LogP contribution in [0.4, 0.5) is 5.82 Å². The van der Waals surface area contributed by atoms with E-state index in [1.165, 1.54) is 11.9 Å². The van der Waals surface area contributed by atoms with E-state index in [2.05, 4.69) is 58.9 Å². The van der Waals surface area contributed by atoms with E-state index in [0.29, 0.717) is 17.0 Å². The molecule has 2 fully saturated rings. The number of thioether (sulfide) groups is 1. The second kappa shape index (κ2) is 10.0. The fraction of sp³-hybridized carbons (Fsp3) is 0.571. The number of imidazole rings is 2. The number of nitrogen functional groups attached to an aromatic ring is 1. The van der Waals surface area contributed by atoms with Crippen molar-refractivity contribution in [2.24, 2.45) is 0 Å². The summed E-state index contributed by atoms with van der Waals surface area (Å²) in [5, 5.41) is 0. The number of aromatic amines is 1. The molecule has 10 nitrogen and oxygen atoms in total. The van der Waals surface area contributed by atoms with Gasteiger partial charge >= 0.3 is 0 Å². The molecule has 2 aliphatic rings.